The van der Waals surface area contributed by atoms with E-state index in [9.17, 15) is 9.90 Å². The fraction of sp³-hybridized carbons (Fsp3) is 0.400. The maximum Gasteiger partial charge on any atom is 0.253 e. The van der Waals surface area contributed by atoms with Crippen LogP contribution < -0.4 is 10.6 Å². The van der Waals surface area contributed by atoms with Crippen molar-refractivity contribution in [3.63, 3.8) is 0 Å². The second kappa shape index (κ2) is 7.07. The normalized spacial score (nSPS) is 16.6. The average Bonchev–Trinajstić information content (AvgIpc) is 2.48. The largest absolute Gasteiger partial charge is 0.378 e. The Labute approximate surface area is 113 Å². The molecule has 1 aromatic rings. The quantitative estimate of drug-likeness (QED) is 0.696. The molecule has 0 saturated carbocycles. The highest BCUT2D eigenvalue weighted by Gasteiger charge is 2.16. The van der Waals surface area contributed by atoms with Crippen LogP contribution in [0.1, 0.15) is 24.5 Å². The monoisotopic (exact) mass is 260 g/mol. The van der Waals surface area contributed by atoms with E-state index in [4.69, 9.17) is 0 Å². The van der Waals surface area contributed by atoms with Crippen LogP contribution in [0.25, 0.3) is 0 Å². The molecular weight excluding hydrogens is 240 g/mol. The van der Waals surface area contributed by atoms with Crippen molar-refractivity contribution < 1.29 is 9.90 Å². The first-order valence-electron chi connectivity index (χ1n) is 6.67. The third-order valence-corrected chi connectivity index (χ3v) is 3.27. The van der Waals surface area contributed by atoms with Gasteiger partial charge in [0.1, 0.15) is 0 Å². The second-order valence-electron chi connectivity index (χ2n) is 4.67. The number of aliphatic hydroxyl groups excluding tert-OH is 1. The Morgan fingerprint density at radius 1 is 1.37 bits per heavy atom. The van der Waals surface area contributed by atoms with Crippen LogP contribution in [-0.4, -0.2) is 30.6 Å². The predicted octanol–water partition coefficient (Wildman–Crippen LogP) is 1.15. The molecule has 1 atom stereocenters. The van der Waals surface area contributed by atoms with Gasteiger partial charge in [-0.2, -0.15) is 0 Å². The van der Waals surface area contributed by atoms with Gasteiger partial charge < -0.3 is 15.7 Å². The van der Waals surface area contributed by atoms with E-state index in [1.807, 2.05) is 18.2 Å². The molecule has 102 valence electrons. The summed E-state index contributed by atoms with van der Waals surface area (Å²) in [5, 5.41) is 15.9. The summed E-state index contributed by atoms with van der Waals surface area (Å²) in [5.74, 6) is -0.333. The molecule has 1 aromatic carbocycles. The molecule has 0 aromatic heterocycles. The fourth-order valence-corrected chi connectivity index (χ4v) is 2.13. The van der Waals surface area contributed by atoms with Gasteiger partial charge in [0.15, 0.2) is 6.10 Å². The molecule has 0 saturated heterocycles. The van der Waals surface area contributed by atoms with Crippen LogP contribution in [0.5, 0.6) is 0 Å². The second-order valence-corrected chi connectivity index (χ2v) is 4.67. The molecule has 19 heavy (non-hydrogen) atoms. The van der Waals surface area contributed by atoms with Crippen LogP contribution >= 0.6 is 0 Å². The van der Waals surface area contributed by atoms with E-state index < -0.39 is 6.10 Å². The van der Waals surface area contributed by atoms with Gasteiger partial charge in [0, 0.05) is 13.1 Å². The van der Waals surface area contributed by atoms with Crippen LogP contribution in [0.4, 0.5) is 0 Å². The summed E-state index contributed by atoms with van der Waals surface area (Å²) in [7, 11) is 0. The summed E-state index contributed by atoms with van der Waals surface area (Å²) in [6.45, 7) is 2.50. The summed E-state index contributed by atoms with van der Waals surface area (Å²) < 4.78 is 0. The summed E-state index contributed by atoms with van der Waals surface area (Å²) in [4.78, 5) is 11.8. The highest BCUT2D eigenvalue weighted by atomic mass is 16.3. The molecular formula is C15H20N2O2. The maximum atomic E-state index is 11.8. The molecule has 1 heterocycles. The Hall–Kier alpha value is -1.65. The van der Waals surface area contributed by atoms with E-state index in [0.717, 1.165) is 25.9 Å². The number of hydrogen-bond donors (Lipinski definition) is 3. The van der Waals surface area contributed by atoms with Crippen molar-refractivity contribution in [2.75, 3.05) is 19.6 Å². The number of rotatable bonds is 5. The van der Waals surface area contributed by atoms with Gasteiger partial charge in [-0.25, -0.2) is 0 Å². The molecule has 1 aliphatic rings. The van der Waals surface area contributed by atoms with Gasteiger partial charge in [-0.1, -0.05) is 42.0 Å². The molecule has 2 rings (SSSR count). The Kier molecular flexibility index (Phi) is 5.12. The van der Waals surface area contributed by atoms with Gasteiger partial charge >= 0.3 is 0 Å². The van der Waals surface area contributed by atoms with Crippen molar-refractivity contribution in [2.24, 2.45) is 0 Å². The third-order valence-electron chi connectivity index (χ3n) is 3.27. The Morgan fingerprint density at radius 2 is 2.16 bits per heavy atom. The van der Waals surface area contributed by atoms with Gasteiger partial charge in [0.25, 0.3) is 5.91 Å². The summed E-state index contributed by atoms with van der Waals surface area (Å²) >= 11 is 0. The van der Waals surface area contributed by atoms with Crippen LogP contribution in [0.15, 0.2) is 42.0 Å². The van der Waals surface area contributed by atoms with E-state index in [0.29, 0.717) is 12.1 Å². The Morgan fingerprint density at radius 3 is 2.84 bits per heavy atom. The number of aliphatic hydroxyl groups is 1. The van der Waals surface area contributed by atoms with E-state index in [1.54, 1.807) is 12.1 Å². The third kappa shape index (κ3) is 4.19. The van der Waals surface area contributed by atoms with Gasteiger partial charge in [0.05, 0.1) is 0 Å². The number of hydrogen-bond acceptors (Lipinski definition) is 3. The minimum atomic E-state index is -1.08. The van der Waals surface area contributed by atoms with Crippen LogP contribution in [0.2, 0.25) is 0 Å². The number of nitrogens with one attached hydrogen (secondary N) is 2. The summed E-state index contributed by atoms with van der Waals surface area (Å²) in [5.41, 5.74) is 1.99. The predicted molar refractivity (Wildman–Crippen MR) is 74.6 cm³/mol. The van der Waals surface area contributed by atoms with Crippen LogP contribution in [0.3, 0.4) is 0 Å². The maximum absolute atomic E-state index is 11.8. The highest BCUT2D eigenvalue weighted by molar-refractivity contribution is 5.81. The van der Waals surface area contributed by atoms with E-state index in [-0.39, 0.29) is 5.91 Å². The molecule has 0 aliphatic carbocycles. The van der Waals surface area contributed by atoms with Crippen molar-refractivity contribution in [1.82, 2.24) is 10.6 Å². The molecule has 4 nitrogen and oxygen atoms in total. The molecule has 0 spiro atoms. The molecule has 4 heteroatoms. The van der Waals surface area contributed by atoms with Gasteiger partial charge in [-0.3, -0.25) is 4.79 Å². The molecule has 1 aliphatic heterocycles. The molecule has 0 radical (unpaired) electrons. The number of carbonyl (C=O) groups excluding carboxylic acids is 1. The molecule has 3 N–H and O–H groups in total. The zero-order valence-electron chi connectivity index (χ0n) is 10.9. The van der Waals surface area contributed by atoms with Gasteiger partial charge in [-0.15, -0.1) is 0 Å². The van der Waals surface area contributed by atoms with E-state index in [1.165, 1.54) is 5.57 Å². The molecule has 1 unspecified atom stereocenters. The smallest absolute Gasteiger partial charge is 0.253 e. The lowest BCUT2D eigenvalue weighted by molar-refractivity contribution is -0.129. The fourth-order valence-electron chi connectivity index (χ4n) is 2.13. The topological polar surface area (TPSA) is 61.4 Å². The summed E-state index contributed by atoms with van der Waals surface area (Å²) in [6, 6.07) is 8.98. The average molecular weight is 260 g/mol. The van der Waals surface area contributed by atoms with Crippen molar-refractivity contribution in [3.8, 4) is 0 Å². The minimum absolute atomic E-state index is 0.333. The van der Waals surface area contributed by atoms with Crippen LogP contribution in [-0.2, 0) is 4.79 Å². The first-order valence-corrected chi connectivity index (χ1v) is 6.67. The number of carbonyl (C=O) groups is 1. The first-order chi connectivity index (χ1) is 9.27. The minimum Gasteiger partial charge on any atom is -0.378 e. The molecule has 0 bridgehead atoms. The Bertz CT molecular complexity index is 443. The molecule has 0 fully saturated rings. The zero-order chi connectivity index (χ0) is 13.5. The van der Waals surface area contributed by atoms with Crippen LogP contribution in [0, 0.1) is 0 Å². The highest BCUT2D eigenvalue weighted by Crippen LogP contribution is 2.12. The lowest BCUT2D eigenvalue weighted by Gasteiger charge is -2.15. The van der Waals surface area contributed by atoms with Crippen molar-refractivity contribution >= 4 is 5.91 Å². The van der Waals surface area contributed by atoms with Gasteiger partial charge in [0.2, 0.25) is 0 Å². The van der Waals surface area contributed by atoms with Crippen molar-refractivity contribution in [1.29, 1.82) is 0 Å². The lowest BCUT2D eigenvalue weighted by Crippen LogP contribution is -2.31. The van der Waals surface area contributed by atoms with Crippen molar-refractivity contribution in [3.05, 3.63) is 47.5 Å². The number of amides is 1. The van der Waals surface area contributed by atoms with Crippen molar-refractivity contribution in [2.45, 2.75) is 18.9 Å². The SMILES string of the molecule is O=C(NCCC1=CCNCC1)C(O)c1ccccc1. The number of benzene rings is 1. The van der Waals surface area contributed by atoms with Gasteiger partial charge in [-0.05, 0) is 24.9 Å². The standard InChI is InChI=1S/C15H20N2O2/c18-14(13-4-2-1-3-5-13)15(19)17-11-8-12-6-9-16-10-7-12/h1-6,14,16,18H,7-11H2,(H,17,19). The zero-order valence-corrected chi connectivity index (χ0v) is 10.9. The van der Waals surface area contributed by atoms with E-state index >= 15 is 0 Å². The lowest BCUT2D eigenvalue weighted by atomic mass is 10.1. The summed E-state index contributed by atoms with van der Waals surface area (Å²) in [6.07, 6.45) is 2.98. The Balaban J connectivity index is 1.76. The molecule has 1 amide bonds. The van der Waals surface area contributed by atoms with E-state index in [2.05, 4.69) is 16.7 Å². The first kappa shape index (κ1) is 13.8.